The molecule has 2 rings (SSSR count). The lowest BCUT2D eigenvalue weighted by atomic mass is 10.1. The highest BCUT2D eigenvalue weighted by Crippen LogP contribution is 2.16. The number of hydrogen-bond acceptors (Lipinski definition) is 6. The first-order valence-electron chi connectivity index (χ1n) is 7.98. The maximum absolute atomic E-state index is 12.6. The maximum atomic E-state index is 12.6. The second-order valence-corrected chi connectivity index (χ2v) is 8.54. The van der Waals surface area contributed by atoms with Crippen LogP contribution in [0.2, 0.25) is 0 Å². The fourth-order valence-corrected chi connectivity index (χ4v) is 3.69. The quantitative estimate of drug-likeness (QED) is 0.739. The molecule has 0 saturated carbocycles. The Balaban J connectivity index is 1.92. The second-order valence-electron chi connectivity index (χ2n) is 6.52. The minimum absolute atomic E-state index is 0.0317. The van der Waals surface area contributed by atoms with Crippen molar-refractivity contribution in [1.29, 1.82) is 0 Å². The molecule has 2 aromatic rings. The van der Waals surface area contributed by atoms with Crippen molar-refractivity contribution in [1.82, 2.24) is 5.32 Å². The second kappa shape index (κ2) is 9.10. The summed E-state index contributed by atoms with van der Waals surface area (Å²) in [6, 6.07) is 6.98. The van der Waals surface area contributed by atoms with Gasteiger partial charge in [-0.2, -0.15) is 0 Å². The minimum atomic E-state index is -0.603. The summed E-state index contributed by atoms with van der Waals surface area (Å²) in [6.07, 6.45) is 1.51. The van der Waals surface area contributed by atoms with E-state index in [0.29, 0.717) is 17.9 Å². The number of amides is 1. The fourth-order valence-electron chi connectivity index (χ4n) is 2.07. The van der Waals surface area contributed by atoms with Crippen LogP contribution in [0, 0.1) is 0 Å². The molecule has 7 heteroatoms. The van der Waals surface area contributed by atoms with Gasteiger partial charge in [0.05, 0.1) is 23.8 Å². The molecule has 2 heterocycles. The number of thiophene rings is 1. The van der Waals surface area contributed by atoms with Gasteiger partial charge in [0.15, 0.2) is 5.78 Å². The van der Waals surface area contributed by atoms with Crippen LogP contribution < -0.4 is 5.32 Å². The van der Waals surface area contributed by atoms with Crippen LogP contribution in [-0.2, 0) is 21.7 Å². The van der Waals surface area contributed by atoms with Crippen LogP contribution in [-0.4, -0.2) is 29.3 Å². The molecule has 0 spiro atoms. The molecule has 0 radical (unpaired) electrons. The number of thioether (sulfide) groups is 1. The van der Waals surface area contributed by atoms with Gasteiger partial charge in [0.1, 0.15) is 11.4 Å². The number of hydrogen-bond donors (Lipinski definition) is 1. The van der Waals surface area contributed by atoms with Crippen LogP contribution in [0.5, 0.6) is 0 Å². The third kappa shape index (κ3) is 7.36. The van der Waals surface area contributed by atoms with Crippen LogP contribution >= 0.6 is 23.1 Å². The van der Waals surface area contributed by atoms with E-state index in [2.05, 4.69) is 5.32 Å². The topological polar surface area (TPSA) is 68.5 Å². The Morgan fingerprint density at radius 2 is 2.12 bits per heavy atom. The summed E-state index contributed by atoms with van der Waals surface area (Å²) >= 11 is 3.03. The number of furan rings is 1. The summed E-state index contributed by atoms with van der Waals surface area (Å²) in [5, 5.41) is 4.67. The highest BCUT2D eigenvalue weighted by atomic mass is 32.2. The number of ketones is 1. The summed E-state index contributed by atoms with van der Waals surface area (Å²) in [6.45, 7) is 5.38. The van der Waals surface area contributed by atoms with Gasteiger partial charge in [-0.1, -0.05) is 6.07 Å². The Morgan fingerprint density at radius 1 is 1.32 bits per heavy atom. The average Bonchev–Trinajstić information content (AvgIpc) is 3.17. The molecule has 5 nitrogen and oxygen atoms in total. The van der Waals surface area contributed by atoms with Crippen molar-refractivity contribution in [3.05, 3.63) is 46.5 Å². The van der Waals surface area contributed by atoms with E-state index in [0.717, 1.165) is 10.6 Å². The summed E-state index contributed by atoms with van der Waals surface area (Å²) in [4.78, 5) is 25.7. The zero-order valence-electron chi connectivity index (χ0n) is 14.6. The number of carbonyl (C=O) groups is 2. The van der Waals surface area contributed by atoms with Crippen LogP contribution in [0.15, 0.2) is 40.3 Å². The van der Waals surface area contributed by atoms with E-state index in [9.17, 15) is 9.59 Å². The van der Waals surface area contributed by atoms with Crippen LogP contribution in [0.4, 0.5) is 4.79 Å². The van der Waals surface area contributed by atoms with Gasteiger partial charge < -0.3 is 14.5 Å². The molecule has 0 unspecified atom stereocenters. The average molecular weight is 382 g/mol. The Labute approximate surface area is 156 Å². The highest BCUT2D eigenvalue weighted by molar-refractivity contribution is 7.99. The molecule has 2 aromatic heterocycles. The van der Waals surface area contributed by atoms with Gasteiger partial charge in [0.25, 0.3) is 0 Å². The van der Waals surface area contributed by atoms with Crippen LogP contribution in [0.1, 0.15) is 31.4 Å². The van der Waals surface area contributed by atoms with Gasteiger partial charge in [0, 0.05) is 11.3 Å². The Kier molecular flexibility index (Phi) is 7.13. The van der Waals surface area contributed by atoms with E-state index in [1.165, 1.54) is 11.8 Å². The van der Waals surface area contributed by atoms with Crippen molar-refractivity contribution in [3.63, 3.8) is 0 Å². The monoisotopic (exact) mass is 381 g/mol. The normalized spacial score (nSPS) is 12.6. The van der Waals surface area contributed by atoms with Gasteiger partial charge in [0.2, 0.25) is 0 Å². The lowest BCUT2D eigenvalue weighted by molar-refractivity contribution is -0.118. The molecule has 0 aliphatic heterocycles. The zero-order chi connectivity index (χ0) is 18.3. The number of rotatable bonds is 8. The largest absolute Gasteiger partial charge is 0.468 e. The minimum Gasteiger partial charge on any atom is -0.468 e. The van der Waals surface area contributed by atoms with E-state index >= 15 is 0 Å². The predicted molar refractivity (Wildman–Crippen MR) is 101 cm³/mol. The van der Waals surface area contributed by atoms with Gasteiger partial charge >= 0.3 is 6.09 Å². The SMILES string of the molecule is CC(C)(C)OC(=O)N[C@@H](Cc1cccs1)C(=O)CSCc1ccco1. The van der Waals surface area contributed by atoms with Crippen molar-refractivity contribution < 1.29 is 18.7 Å². The molecule has 0 aliphatic rings. The molecular weight excluding hydrogens is 358 g/mol. The van der Waals surface area contributed by atoms with E-state index in [1.807, 2.05) is 29.6 Å². The molecular formula is C18H23NO4S2. The molecule has 25 heavy (non-hydrogen) atoms. The van der Waals surface area contributed by atoms with E-state index in [4.69, 9.17) is 9.15 Å². The molecule has 0 bridgehead atoms. The Hall–Kier alpha value is -1.73. The maximum Gasteiger partial charge on any atom is 0.408 e. The number of carbonyl (C=O) groups excluding carboxylic acids is 2. The summed E-state index contributed by atoms with van der Waals surface area (Å²) in [5.74, 6) is 1.72. The summed E-state index contributed by atoms with van der Waals surface area (Å²) in [7, 11) is 0. The number of Topliss-reactive ketones (excluding diaryl/α,β-unsaturated/α-hetero) is 1. The smallest absolute Gasteiger partial charge is 0.408 e. The fraction of sp³-hybridized carbons (Fsp3) is 0.444. The van der Waals surface area contributed by atoms with Gasteiger partial charge in [-0.25, -0.2) is 4.79 Å². The van der Waals surface area contributed by atoms with Crippen molar-refractivity contribution in [2.24, 2.45) is 0 Å². The lowest BCUT2D eigenvalue weighted by Gasteiger charge is -2.23. The van der Waals surface area contributed by atoms with Crippen molar-refractivity contribution in [2.75, 3.05) is 5.75 Å². The molecule has 1 atom stereocenters. The zero-order valence-corrected chi connectivity index (χ0v) is 16.2. The van der Waals surface area contributed by atoms with Crippen LogP contribution in [0.3, 0.4) is 0 Å². The first-order chi connectivity index (χ1) is 11.8. The number of nitrogens with one attached hydrogen (secondary N) is 1. The highest BCUT2D eigenvalue weighted by Gasteiger charge is 2.24. The molecule has 0 aromatic carbocycles. The number of ether oxygens (including phenoxy) is 1. The molecule has 0 fully saturated rings. The van der Waals surface area contributed by atoms with Crippen LogP contribution in [0.25, 0.3) is 0 Å². The van der Waals surface area contributed by atoms with Crippen molar-refractivity contribution >= 4 is 35.0 Å². The molecule has 136 valence electrons. The third-order valence-corrected chi connectivity index (χ3v) is 5.01. The van der Waals surface area contributed by atoms with Gasteiger partial charge in [-0.05, 0) is 44.4 Å². The molecule has 1 N–H and O–H groups in total. The number of alkyl carbamates (subject to hydrolysis) is 1. The first-order valence-corrected chi connectivity index (χ1v) is 10.0. The van der Waals surface area contributed by atoms with Gasteiger partial charge in [-0.3, -0.25) is 4.79 Å². The van der Waals surface area contributed by atoms with E-state index in [1.54, 1.807) is 38.4 Å². The van der Waals surface area contributed by atoms with Crippen molar-refractivity contribution in [2.45, 2.75) is 44.6 Å². The predicted octanol–water partition coefficient (Wildman–Crippen LogP) is 4.28. The third-order valence-electron chi connectivity index (χ3n) is 3.13. The van der Waals surface area contributed by atoms with Crippen molar-refractivity contribution in [3.8, 4) is 0 Å². The van der Waals surface area contributed by atoms with E-state index in [-0.39, 0.29) is 5.78 Å². The summed E-state index contributed by atoms with van der Waals surface area (Å²) in [5.41, 5.74) is -0.603. The molecule has 1 amide bonds. The Bertz CT molecular complexity index is 660. The first kappa shape index (κ1) is 19.6. The molecule has 0 saturated heterocycles. The Morgan fingerprint density at radius 3 is 2.72 bits per heavy atom. The van der Waals surface area contributed by atoms with E-state index < -0.39 is 17.7 Å². The summed E-state index contributed by atoms with van der Waals surface area (Å²) < 4.78 is 10.5. The standard InChI is InChI=1S/C18H23NO4S2/c1-18(2,3)23-17(21)19-15(10-14-7-5-9-25-14)16(20)12-24-11-13-6-4-8-22-13/h4-9,15H,10-12H2,1-3H3,(H,19,21)/t15-/m0/s1. The lowest BCUT2D eigenvalue weighted by Crippen LogP contribution is -2.45. The molecule has 0 aliphatic carbocycles. The van der Waals surface area contributed by atoms with Gasteiger partial charge in [-0.15, -0.1) is 23.1 Å².